The summed E-state index contributed by atoms with van der Waals surface area (Å²) in [6, 6.07) is 12.3. The van der Waals surface area contributed by atoms with Crippen LogP contribution >= 0.6 is 0 Å². The van der Waals surface area contributed by atoms with E-state index in [1.54, 1.807) is 7.11 Å². The number of aryl methyl sites for hydroxylation is 2. The molecule has 3 rings (SSSR count). The number of rotatable bonds is 4. The lowest BCUT2D eigenvalue weighted by Gasteiger charge is -2.35. The smallest absolute Gasteiger partial charge is 0.213 e. The lowest BCUT2D eigenvalue weighted by Crippen LogP contribution is -2.48. The maximum absolute atomic E-state index is 6.05. The molecule has 0 radical (unpaired) electrons. The third kappa shape index (κ3) is 4.77. The highest BCUT2D eigenvalue weighted by atomic mass is 16.5. The Hall–Kier alpha value is -2.60. The van der Waals surface area contributed by atoms with Gasteiger partial charge in [0.1, 0.15) is 6.10 Å². The molecule has 1 saturated heterocycles. The van der Waals surface area contributed by atoms with E-state index in [2.05, 4.69) is 52.2 Å². The van der Waals surface area contributed by atoms with Crippen molar-refractivity contribution in [1.82, 2.24) is 15.2 Å². The van der Waals surface area contributed by atoms with Crippen LogP contribution in [0.1, 0.15) is 28.5 Å². The molecule has 0 saturated carbocycles. The van der Waals surface area contributed by atoms with Crippen LogP contribution in [0, 0.1) is 13.8 Å². The van der Waals surface area contributed by atoms with Gasteiger partial charge in [-0.25, -0.2) is 4.98 Å². The average Bonchev–Trinajstić information content (AvgIpc) is 2.69. The molecule has 0 spiro atoms. The van der Waals surface area contributed by atoms with E-state index in [0.29, 0.717) is 19.0 Å². The predicted octanol–water partition coefficient (Wildman–Crippen LogP) is 2.86. The predicted molar refractivity (Wildman–Crippen MR) is 107 cm³/mol. The van der Waals surface area contributed by atoms with E-state index in [1.807, 2.05) is 25.2 Å². The van der Waals surface area contributed by atoms with Crippen molar-refractivity contribution in [2.75, 3.05) is 33.9 Å². The van der Waals surface area contributed by atoms with Crippen molar-refractivity contribution >= 4 is 5.96 Å². The van der Waals surface area contributed by atoms with Gasteiger partial charge in [-0.05, 0) is 31.0 Å². The molecule has 1 aromatic carbocycles. The number of methoxy groups -OCH3 is 1. The molecule has 0 bridgehead atoms. The lowest BCUT2D eigenvalue weighted by atomic mass is 10.00. The summed E-state index contributed by atoms with van der Waals surface area (Å²) in [4.78, 5) is 11.1. The molecule has 1 aliphatic heterocycles. The monoisotopic (exact) mass is 368 g/mol. The highest BCUT2D eigenvalue weighted by molar-refractivity contribution is 5.80. The Balaban J connectivity index is 1.66. The van der Waals surface area contributed by atoms with Crippen LogP contribution in [0.2, 0.25) is 0 Å². The number of ether oxygens (including phenoxy) is 2. The number of aromatic nitrogens is 1. The maximum atomic E-state index is 6.05. The number of aliphatic imine (C=N–C) groups is 1. The first-order valence-electron chi connectivity index (χ1n) is 9.25. The Bertz CT molecular complexity index is 807. The van der Waals surface area contributed by atoms with Crippen molar-refractivity contribution in [3.05, 3.63) is 58.8 Å². The Morgan fingerprint density at radius 2 is 2.19 bits per heavy atom. The van der Waals surface area contributed by atoms with Crippen LogP contribution in [0.5, 0.6) is 5.88 Å². The molecule has 1 unspecified atom stereocenters. The molecule has 6 nitrogen and oxygen atoms in total. The minimum Gasteiger partial charge on any atom is -0.481 e. The molecule has 0 aliphatic carbocycles. The largest absolute Gasteiger partial charge is 0.481 e. The Morgan fingerprint density at radius 1 is 1.33 bits per heavy atom. The van der Waals surface area contributed by atoms with Crippen LogP contribution in [-0.4, -0.2) is 49.7 Å². The van der Waals surface area contributed by atoms with Gasteiger partial charge in [-0.15, -0.1) is 0 Å². The normalized spacial score (nSPS) is 17.7. The van der Waals surface area contributed by atoms with Crippen LogP contribution in [0.15, 0.2) is 41.4 Å². The summed E-state index contributed by atoms with van der Waals surface area (Å²) >= 11 is 0. The molecule has 1 atom stereocenters. The quantitative estimate of drug-likeness (QED) is 0.664. The Morgan fingerprint density at radius 3 is 2.93 bits per heavy atom. The van der Waals surface area contributed by atoms with Gasteiger partial charge in [0.25, 0.3) is 0 Å². The van der Waals surface area contributed by atoms with Crippen LogP contribution in [0.25, 0.3) is 0 Å². The van der Waals surface area contributed by atoms with Crippen LogP contribution in [-0.2, 0) is 11.3 Å². The fourth-order valence-corrected chi connectivity index (χ4v) is 3.39. The number of pyridine rings is 1. The summed E-state index contributed by atoms with van der Waals surface area (Å²) in [7, 11) is 3.43. The van der Waals surface area contributed by atoms with Gasteiger partial charge in [-0.3, -0.25) is 4.99 Å². The summed E-state index contributed by atoms with van der Waals surface area (Å²) in [6.45, 7) is 7.11. The SMILES string of the molecule is CN=C(NCc1cccc(OC)n1)N1CCOC(c2ccc(C)cc2C)C1. The molecule has 0 amide bonds. The lowest BCUT2D eigenvalue weighted by molar-refractivity contribution is -0.00835. The van der Waals surface area contributed by atoms with E-state index < -0.39 is 0 Å². The molecule has 1 aliphatic rings. The zero-order valence-electron chi connectivity index (χ0n) is 16.5. The van der Waals surface area contributed by atoms with Crippen LogP contribution in [0.4, 0.5) is 0 Å². The Kier molecular flexibility index (Phi) is 6.29. The Labute approximate surface area is 161 Å². The summed E-state index contributed by atoms with van der Waals surface area (Å²) in [5.41, 5.74) is 4.70. The van der Waals surface area contributed by atoms with E-state index in [4.69, 9.17) is 9.47 Å². The fraction of sp³-hybridized carbons (Fsp3) is 0.429. The minimum atomic E-state index is 0.0489. The molecule has 27 heavy (non-hydrogen) atoms. The molecule has 1 fully saturated rings. The van der Waals surface area contributed by atoms with Crippen LogP contribution in [0.3, 0.4) is 0 Å². The van der Waals surface area contributed by atoms with Crippen molar-refractivity contribution in [1.29, 1.82) is 0 Å². The number of hydrogen-bond acceptors (Lipinski definition) is 4. The molecule has 2 aromatic rings. The van der Waals surface area contributed by atoms with Gasteiger partial charge in [0.2, 0.25) is 5.88 Å². The van der Waals surface area contributed by atoms with Gasteiger partial charge in [0, 0.05) is 19.7 Å². The van der Waals surface area contributed by atoms with E-state index >= 15 is 0 Å². The van der Waals surface area contributed by atoms with Crippen molar-refractivity contribution in [2.45, 2.75) is 26.5 Å². The van der Waals surface area contributed by atoms with Gasteiger partial charge < -0.3 is 19.7 Å². The van der Waals surface area contributed by atoms with Gasteiger partial charge in [0.05, 0.1) is 32.5 Å². The molecule has 144 valence electrons. The summed E-state index contributed by atoms with van der Waals surface area (Å²) < 4.78 is 11.2. The number of guanidine groups is 1. The van der Waals surface area contributed by atoms with Crippen molar-refractivity contribution in [3.63, 3.8) is 0 Å². The average molecular weight is 368 g/mol. The van der Waals surface area contributed by atoms with Crippen molar-refractivity contribution in [2.24, 2.45) is 4.99 Å². The van der Waals surface area contributed by atoms with E-state index in [9.17, 15) is 0 Å². The first-order chi connectivity index (χ1) is 13.1. The molecule has 1 aromatic heterocycles. The second-order valence-corrected chi connectivity index (χ2v) is 6.74. The topological polar surface area (TPSA) is 59.0 Å². The van der Waals surface area contributed by atoms with Gasteiger partial charge in [-0.1, -0.05) is 29.8 Å². The van der Waals surface area contributed by atoms with Crippen molar-refractivity contribution < 1.29 is 9.47 Å². The first-order valence-corrected chi connectivity index (χ1v) is 9.25. The van der Waals surface area contributed by atoms with Crippen molar-refractivity contribution in [3.8, 4) is 5.88 Å². The van der Waals surface area contributed by atoms with E-state index in [0.717, 1.165) is 24.7 Å². The summed E-state index contributed by atoms with van der Waals surface area (Å²) in [5, 5.41) is 3.40. The summed E-state index contributed by atoms with van der Waals surface area (Å²) in [6.07, 6.45) is 0.0489. The van der Waals surface area contributed by atoms with Gasteiger partial charge in [-0.2, -0.15) is 0 Å². The standard InChI is InChI=1S/C21H28N4O2/c1-15-8-9-18(16(2)12-15)19-14-25(10-11-27-19)21(22-3)23-13-17-6-5-7-20(24-17)26-4/h5-9,12,19H,10-11,13-14H2,1-4H3,(H,22,23). The molecular weight excluding hydrogens is 340 g/mol. The third-order valence-electron chi connectivity index (χ3n) is 4.77. The number of hydrogen-bond donors (Lipinski definition) is 1. The number of nitrogens with one attached hydrogen (secondary N) is 1. The van der Waals surface area contributed by atoms with Crippen LogP contribution < -0.4 is 10.1 Å². The van der Waals surface area contributed by atoms with Gasteiger partial charge in [0.15, 0.2) is 5.96 Å². The molecule has 1 N–H and O–H groups in total. The van der Waals surface area contributed by atoms with Gasteiger partial charge >= 0.3 is 0 Å². The molecule has 2 heterocycles. The number of nitrogens with zero attached hydrogens (tertiary/aromatic N) is 3. The number of benzene rings is 1. The molecule has 6 heteroatoms. The first kappa shape index (κ1) is 19.2. The second-order valence-electron chi connectivity index (χ2n) is 6.74. The molecular formula is C21H28N4O2. The third-order valence-corrected chi connectivity index (χ3v) is 4.77. The zero-order valence-corrected chi connectivity index (χ0v) is 16.5. The fourth-order valence-electron chi connectivity index (χ4n) is 3.39. The number of morpholine rings is 1. The summed E-state index contributed by atoms with van der Waals surface area (Å²) in [5.74, 6) is 1.48. The zero-order chi connectivity index (χ0) is 19.2. The minimum absolute atomic E-state index is 0.0489. The van der Waals surface area contributed by atoms with E-state index in [-0.39, 0.29) is 6.10 Å². The highest BCUT2D eigenvalue weighted by Gasteiger charge is 2.25. The second kappa shape index (κ2) is 8.86. The maximum Gasteiger partial charge on any atom is 0.213 e. The highest BCUT2D eigenvalue weighted by Crippen LogP contribution is 2.26. The van der Waals surface area contributed by atoms with E-state index in [1.165, 1.54) is 16.7 Å².